The number of nitriles is 1. The van der Waals surface area contributed by atoms with Crippen molar-refractivity contribution in [2.24, 2.45) is 0 Å². The van der Waals surface area contributed by atoms with E-state index in [1.54, 1.807) is 12.1 Å². The largest absolute Gasteiger partial charge is 0.373 e. The van der Waals surface area contributed by atoms with Crippen LogP contribution in [-0.4, -0.2) is 40.6 Å². The molecule has 8 nitrogen and oxygen atoms in total. The van der Waals surface area contributed by atoms with Crippen LogP contribution >= 0.6 is 23.2 Å². The van der Waals surface area contributed by atoms with Gasteiger partial charge in [-0.05, 0) is 79.9 Å². The summed E-state index contributed by atoms with van der Waals surface area (Å²) in [6.45, 7) is 7.18. The smallest absolute Gasteiger partial charge is 0.141 e. The Morgan fingerprint density at radius 2 is 1.84 bits per heavy atom. The van der Waals surface area contributed by atoms with Crippen LogP contribution in [0, 0.1) is 29.9 Å². The highest BCUT2D eigenvalue weighted by molar-refractivity contribution is 6.36. The zero-order valence-electron chi connectivity index (χ0n) is 24.8. The van der Waals surface area contributed by atoms with Gasteiger partial charge in [-0.25, -0.2) is 8.78 Å². The lowest BCUT2D eigenvalue weighted by Crippen LogP contribution is -2.48. The number of hydrogen-bond acceptors (Lipinski definition) is 8. The van der Waals surface area contributed by atoms with Crippen LogP contribution in [0.25, 0.3) is 10.9 Å². The molecule has 3 heterocycles. The van der Waals surface area contributed by atoms with Gasteiger partial charge < -0.3 is 21.0 Å². The molecule has 0 spiro atoms. The number of piperidine rings is 1. The maximum Gasteiger partial charge on any atom is 0.141 e. The predicted molar refractivity (Wildman–Crippen MR) is 175 cm³/mol. The summed E-state index contributed by atoms with van der Waals surface area (Å²) >= 11 is 12.8. The van der Waals surface area contributed by atoms with Crippen LogP contribution in [0.3, 0.4) is 0 Å². The third-order valence-corrected chi connectivity index (χ3v) is 8.98. The summed E-state index contributed by atoms with van der Waals surface area (Å²) in [4.78, 5) is 6.89. The van der Waals surface area contributed by atoms with E-state index in [0.29, 0.717) is 39.0 Å². The van der Waals surface area contributed by atoms with Crippen LogP contribution in [0.4, 0.5) is 25.8 Å². The molecule has 3 aromatic carbocycles. The average Bonchev–Trinajstić information content (AvgIpc) is 3.52. The molecule has 45 heavy (non-hydrogen) atoms. The van der Waals surface area contributed by atoms with Crippen molar-refractivity contribution in [1.82, 2.24) is 25.9 Å². The first-order valence-electron chi connectivity index (χ1n) is 14.7. The maximum atomic E-state index is 14.2. The molecule has 1 aromatic heterocycles. The molecule has 4 N–H and O–H groups in total. The van der Waals surface area contributed by atoms with Crippen LogP contribution < -0.4 is 21.6 Å². The summed E-state index contributed by atoms with van der Waals surface area (Å²) in [5, 5.41) is 19.7. The molecule has 0 amide bonds. The summed E-state index contributed by atoms with van der Waals surface area (Å²) in [5.74, 6) is -0.862. The van der Waals surface area contributed by atoms with Crippen molar-refractivity contribution in [2.45, 2.75) is 38.8 Å². The summed E-state index contributed by atoms with van der Waals surface area (Å²) in [6.07, 6.45) is 5.57. The van der Waals surface area contributed by atoms with Crippen molar-refractivity contribution in [3.05, 3.63) is 105 Å². The number of fused-ring (bicyclic) bond motifs is 1. The van der Waals surface area contributed by atoms with Crippen molar-refractivity contribution >= 4 is 51.2 Å². The third-order valence-electron chi connectivity index (χ3n) is 8.40. The number of aryl methyl sites for hydroxylation is 1. The molecule has 232 valence electrons. The van der Waals surface area contributed by atoms with E-state index in [1.165, 1.54) is 36.5 Å². The lowest BCUT2D eigenvalue weighted by Gasteiger charge is -2.35. The van der Waals surface area contributed by atoms with Crippen LogP contribution in [-0.2, 0) is 0 Å². The van der Waals surface area contributed by atoms with Gasteiger partial charge in [0.2, 0.25) is 0 Å². The Balaban J connectivity index is 1.38. The first kappa shape index (κ1) is 30.9. The first-order chi connectivity index (χ1) is 21.7. The SMILES string of the molecule is CCN1CCC(N2C=C(C(Nc3cc(Cl)c4ncc(C#N)c(Nc5ccc(F)c(Cl)c5)c4c3)c3ccc(F)cc3C)NN2)CC1. The van der Waals surface area contributed by atoms with Crippen molar-refractivity contribution in [1.29, 1.82) is 5.26 Å². The van der Waals surface area contributed by atoms with Gasteiger partial charge in [-0.1, -0.05) is 36.2 Å². The topological polar surface area (TPSA) is 91.3 Å². The van der Waals surface area contributed by atoms with E-state index >= 15 is 0 Å². The van der Waals surface area contributed by atoms with Crippen molar-refractivity contribution in [3.8, 4) is 6.07 Å². The van der Waals surface area contributed by atoms with Gasteiger partial charge in [-0.3, -0.25) is 9.99 Å². The first-order valence-corrected chi connectivity index (χ1v) is 15.5. The van der Waals surface area contributed by atoms with E-state index in [0.717, 1.165) is 49.3 Å². The number of halogens is 4. The van der Waals surface area contributed by atoms with Gasteiger partial charge in [0.15, 0.2) is 0 Å². The number of nitrogens with zero attached hydrogens (tertiary/aromatic N) is 4. The van der Waals surface area contributed by atoms with E-state index in [1.807, 2.05) is 13.0 Å². The minimum atomic E-state index is -0.548. The minimum absolute atomic E-state index is 0.0503. The lowest BCUT2D eigenvalue weighted by atomic mass is 9.98. The second-order valence-electron chi connectivity index (χ2n) is 11.2. The van der Waals surface area contributed by atoms with Gasteiger partial charge in [0.05, 0.1) is 38.6 Å². The highest BCUT2D eigenvalue weighted by Crippen LogP contribution is 2.38. The molecular formula is C33H32Cl2F2N8. The fourth-order valence-electron chi connectivity index (χ4n) is 5.93. The molecule has 1 atom stereocenters. The molecule has 1 saturated heterocycles. The van der Waals surface area contributed by atoms with Crippen LogP contribution in [0.1, 0.15) is 42.5 Å². The molecule has 0 radical (unpaired) electrons. The number of pyridine rings is 1. The third kappa shape index (κ3) is 6.49. The van der Waals surface area contributed by atoms with Crippen LogP contribution in [0.15, 0.2) is 66.6 Å². The number of aromatic nitrogens is 1. The zero-order valence-corrected chi connectivity index (χ0v) is 26.3. The Labute approximate surface area is 270 Å². The van der Waals surface area contributed by atoms with Gasteiger partial charge in [0.1, 0.15) is 17.7 Å². The fourth-order valence-corrected chi connectivity index (χ4v) is 6.38. The number of rotatable bonds is 8. The fraction of sp³-hybridized carbons (Fsp3) is 0.273. The lowest BCUT2D eigenvalue weighted by molar-refractivity contribution is 0.112. The monoisotopic (exact) mass is 648 g/mol. The highest BCUT2D eigenvalue weighted by atomic mass is 35.5. The Morgan fingerprint density at radius 1 is 1.07 bits per heavy atom. The van der Waals surface area contributed by atoms with Gasteiger partial charge in [0, 0.05) is 48.3 Å². The molecule has 0 aliphatic carbocycles. The standard InChI is InChI=1S/C33H32Cl2F2N8/c1-3-44-10-8-24(9-11-44)45-18-30(42-43-45)33(25-6-4-21(36)12-19(25)2)41-23-13-26-31(40-22-5-7-29(37)27(34)14-22)20(16-38)17-39-32(26)28(35)15-23/h4-7,12-15,17-18,24,33,41-43H,3,8-11H2,1-2H3,(H,39,40). The van der Waals surface area contributed by atoms with Crippen LogP contribution in [0.5, 0.6) is 0 Å². The second kappa shape index (κ2) is 13.1. The summed E-state index contributed by atoms with van der Waals surface area (Å²) in [7, 11) is 0. The molecule has 2 aliphatic rings. The number of benzene rings is 3. The molecular weight excluding hydrogens is 617 g/mol. The molecule has 0 saturated carbocycles. The van der Waals surface area contributed by atoms with Crippen LogP contribution in [0.2, 0.25) is 10.0 Å². The number of nitrogens with one attached hydrogen (secondary N) is 4. The Bertz CT molecular complexity index is 1820. The van der Waals surface area contributed by atoms with Gasteiger partial charge in [-0.15, -0.1) is 5.53 Å². The molecule has 4 aromatic rings. The summed E-state index contributed by atoms with van der Waals surface area (Å²) in [5.41, 5.74) is 11.5. The van der Waals surface area contributed by atoms with E-state index < -0.39 is 11.9 Å². The van der Waals surface area contributed by atoms with E-state index in [4.69, 9.17) is 23.2 Å². The Kier molecular flexibility index (Phi) is 8.97. The average molecular weight is 650 g/mol. The van der Waals surface area contributed by atoms with Crippen molar-refractivity contribution in [3.63, 3.8) is 0 Å². The summed E-state index contributed by atoms with van der Waals surface area (Å²) < 4.78 is 28.0. The molecule has 1 unspecified atom stereocenters. The van der Waals surface area contributed by atoms with E-state index in [2.05, 4.69) is 55.7 Å². The van der Waals surface area contributed by atoms with Gasteiger partial charge >= 0.3 is 0 Å². The molecule has 2 aliphatic heterocycles. The predicted octanol–water partition coefficient (Wildman–Crippen LogP) is 7.55. The number of likely N-dealkylation sites (tertiary alicyclic amines) is 1. The number of anilines is 3. The van der Waals surface area contributed by atoms with Crippen molar-refractivity contribution < 1.29 is 8.78 Å². The Morgan fingerprint density at radius 3 is 2.56 bits per heavy atom. The quantitative estimate of drug-likeness (QED) is 0.156. The maximum absolute atomic E-state index is 14.2. The van der Waals surface area contributed by atoms with Crippen molar-refractivity contribution in [2.75, 3.05) is 30.3 Å². The second-order valence-corrected chi connectivity index (χ2v) is 12.1. The minimum Gasteiger partial charge on any atom is -0.373 e. The molecule has 6 rings (SSSR count). The molecule has 12 heteroatoms. The molecule has 0 bridgehead atoms. The normalized spacial score (nSPS) is 16.3. The zero-order chi connectivity index (χ0) is 31.7. The van der Waals surface area contributed by atoms with E-state index in [9.17, 15) is 14.0 Å². The van der Waals surface area contributed by atoms with Gasteiger partial charge in [0.25, 0.3) is 0 Å². The highest BCUT2D eigenvalue weighted by Gasteiger charge is 2.29. The summed E-state index contributed by atoms with van der Waals surface area (Å²) in [6, 6.07) is 14.7. The number of hydrazine groups is 2. The number of hydrogen-bond donors (Lipinski definition) is 4. The van der Waals surface area contributed by atoms with Gasteiger partial charge in [-0.2, -0.15) is 5.26 Å². The van der Waals surface area contributed by atoms with E-state index in [-0.39, 0.29) is 16.4 Å². The Hall–Kier alpha value is -4.14. The molecule has 1 fully saturated rings.